The van der Waals surface area contributed by atoms with Gasteiger partial charge in [-0.25, -0.2) is 9.59 Å². The van der Waals surface area contributed by atoms with Crippen molar-refractivity contribution in [3.05, 3.63) is 28.8 Å². The van der Waals surface area contributed by atoms with Crippen LogP contribution in [0.3, 0.4) is 0 Å². The lowest BCUT2D eigenvalue weighted by molar-refractivity contribution is -0.123. The fraction of sp³-hybridized carbons (Fsp3) is 0.357. The number of amides is 3. The van der Waals surface area contributed by atoms with E-state index >= 15 is 0 Å². The van der Waals surface area contributed by atoms with E-state index in [2.05, 4.69) is 5.32 Å². The zero-order chi connectivity index (χ0) is 17.2. The lowest BCUT2D eigenvalue weighted by Gasteiger charge is -2.09. The molecule has 0 spiro atoms. The van der Waals surface area contributed by atoms with Crippen LogP contribution in [0.25, 0.3) is 0 Å². The molecule has 0 fully saturated rings. The molecule has 0 saturated carbocycles. The van der Waals surface area contributed by atoms with Crippen LogP contribution in [-0.4, -0.2) is 51.9 Å². The number of hydrogen-bond acceptors (Lipinski definition) is 6. The van der Waals surface area contributed by atoms with Gasteiger partial charge in [-0.1, -0.05) is 11.6 Å². The molecule has 1 aromatic rings. The van der Waals surface area contributed by atoms with Crippen LogP contribution in [0.2, 0.25) is 5.02 Å². The number of esters is 1. The topological polar surface area (TPSA) is 103 Å². The van der Waals surface area contributed by atoms with Crippen molar-refractivity contribution in [1.29, 1.82) is 0 Å². The Balaban J connectivity index is 2.48. The third kappa shape index (κ3) is 6.54. The molecule has 1 aromatic carbocycles. The molecule has 0 aromatic heterocycles. The average Bonchev–Trinajstić information content (AvgIpc) is 2.52. The molecule has 0 aliphatic carbocycles. The number of halogens is 1. The molecular weight excluding hydrogens is 328 g/mol. The number of nitrogens with one attached hydrogen (secondary N) is 2. The van der Waals surface area contributed by atoms with Gasteiger partial charge in [0.1, 0.15) is 11.3 Å². The highest BCUT2D eigenvalue weighted by Crippen LogP contribution is 2.23. The maximum Gasteiger partial charge on any atom is 0.342 e. The molecule has 126 valence electrons. The molecule has 0 heterocycles. The van der Waals surface area contributed by atoms with E-state index in [9.17, 15) is 14.4 Å². The monoisotopic (exact) mass is 344 g/mol. The fourth-order valence-corrected chi connectivity index (χ4v) is 1.69. The summed E-state index contributed by atoms with van der Waals surface area (Å²) >= 11 is 5.80. The Morgan fingerprint density at radius 1 is 1.22 bits per heavy atom. The lowest BCUT2D eigenvalue weighted by Crippen LogP contribution is -2.42. The second-order valence-electron chi connectivity index (χ2n) is 4.22. The number of rotatable bonds is 7. The van der Waals surface area contributed by atoms with Gasteiger partial charge in [0.25, 0.3) is 5.91 Å². The first kappa shape index (κ1) is 18.7. The summed E-state index contributed by atoms with van der Waals surface area (Å²) in [7, 11) is 2.87. The maximum absolute atomic E-state index is 11.9. The summed E-state index contributed by atoms with van der Waals surface area (Å²) in [5, 5.41) is 4.71. The lowest BCUT2D eigenvalue weighted by atomic mass is 10.2. The van der Waals surface area contributed by atoms with Crippen molar-refractivity contribution >= 4 is 29.5 Å². The van der Waals surface area contributed by atoms with Gasteiger partial charge in [-0.05, 0) is 18.2 Å². The molecule has 0 unspecified atom stereocenters. The maximum atomic E-state index is 11.9. The molecule has 0 radical (unpaired) electrons. The van der Waals surface area contributed by atoms with Gasteiger partial charge in [-0.3, -0.25) is 10.1 Å². The first-order valence-electron chi connectivity index (χ1n) is 6.55. The first-order chi connectivity index (χ1) is 11.0. The van der Waals surface area contributed by atoms with Crippen molar-refractivity contribution in [2.45, 2.75) is 0 Å². The number of benzene rings is 1. The standard InChI is InChI=1S/C14H17ClN2O6/c1-21-6-5-16-14(20)17-12(18)8-23-13(19)10-7-9(15)3-4-11(10)22-2/h3-4,7H,5-6,8H2,1-2H3,(H2,16,17,18,20). The Morgan fingerprint density at radius 2 is 1.96 bits per heavy atom. The number of urea groups is 1. The van der Waals surface area contributed by atoms with Gasteiger partial charge in [-0.15, -0.1) is 0 Å². The predicted molar refractivity (Wildman–Crippen MR) is 81.7 cm³/mol. The van der Waals surface area contributed by atoms with E-state index in [4.69, 9.17) is 25.8 Å². The zero-order valence-electron chi connectivity index (χ0n) is 12.7. The third-order valence-electron chi connectivity index (χ3n) is 2.56. The highest BCUT2D eigenvalue weighted by molar-refractivity contribution is 6.31. The molecule has 23 heavy (non-hydrogen) atoms. The van der Waals surface area contributed by atoms with Crippen LogP contribution in [0.4, 0.5) is 4.79 Å². The van der Waals surface area contributed by atoms with Crippen molar-refractivity contribution in [2.24, 2.45) is 0 Å². The number of carbonyl (C=O) groups excluding carboxylic acids is 3. The Hall–Kier alpha value is -2.32. The molecule has 0 saturated heterocycles. The van der Waals surface area contributed by atoms with Gasteiger partial charge in [0.15, 0.2) is 6.61 Å². The molecule has 8 nitrogen and oxygen atoms in total. The number of hydrogen-bond donors (Lipinski definition) is 2. The molecule has 2 N–H and O–H groups in total. The van der Waals surface area contributed by atoms with E-state index in [1.54, 1.807) is 6.07 Å². The Morgan fingerprint density at radius 3 is 2.61 bits per heavy atom. The van der Waals surface area contributed by atoms with Crippen LogP contribution in [0.15, 0.2) is 18.2 Å². The largest absolute Gasteiger partial charge is 0.496 e. The van der Waals surface area contributed by atoms with Gasteiger partial charge >= 0.3 is 12.0 Å². The summed E-state index contributed by atoms with van der Waals surface area (Å²) < 4.78 is 14.6. The molecule has 0 aliphatic rings. The van der Waals surface area contributed by atoms with Crippen molar-refractivity contribution in [3.8, 4) is 5.75 Å². The second-order valence-corrected chi connectivity index (χ2v) is 4.65. The first-order valence-corrected chi connectivity index (χ1v) is 6.93. The summed E-state index contributed by atoms with van der Waals surface area (Å²) in [6.45, 7) is -0.0630. The number of methoxy groups -OCH3 is 2. The van der Waals surface area contributed by atoms with Crippen LogP contribution >= 0.6 is 11.6 Å². The van der Waals surface area contributed by atoms with Gasteiger partial charge in [0.2, 0.25) is 0 Å². The van der Waals surface area contributed by atoms with E-state index in [0.29, 0.717) is 11.6 Å². The summed E-state index contributed by atoms with van der Waals surface area (Å²) in [5.74, 6) is -1.30. The van der Waals surface area contributed by atoms with E-state index < -0.39 is 24.5 Å². The van der Waals surface area contributed by atoms with Crippen LogP contribution in [-0.2, 0) is 14.3 Å². The summed E-state index contributed by atoms with van der Waals surface area (Å²) in [4.78, 5) is 34.7. The van der Waals surface area contributed by atoms with E-state index in [0.717, 1.165) is 0 Å². The van der Waals surface area contributed by atoms with E-state index in [-0.39, 0.29) is 17.9 Å². The quantitative estimate of drug-likeness (QED) is 0.564. The minimum atomic E-state index is -0.792. The molecule has 3 amide bonds. The predicted octanol–water partition coefficient (Wildman–Crippen LogP) is 0.978. The smallest absolute Gasteiger partial charge is 0.342 e. The van der Waals surface area contributed by atoms with Crippen molar-refractivity contribution in [2.75, 3.05) is 34.0 Å². The molecule has 1 rings (SSSR count). The van der Waals surface area contributed by atoms with Crippen molar-refractivity contribution in [3.63, 3.8) is 0 Å². The average molecular weight is 345 g/mol. The Labute approximate surface area is 138 Å². The molecule has 9 heteroatoms. The Bertz CT molecular complexity index is 578. The van der Waals surface area contributed by atoms with Gasteiger partial charge in [-0.2, -0.15) is 0 Å². The van der Waals surface area contributed by atoms with Crippen LogP contribution in [0.5, 0.6) is 5.75 Å². The normalized spacial score (nSPS) is 9.87. The van der Waals surface area contributed by atoms with Crippen LogP contribution in [0.1, 0.15) is 10.4 Å². The van der Waals surface area contributed by atoms with Gasteiger partial charge in [0, 0.05) is 18.7 Å². The third-order valence-corrected chi connectivity index (χ3v) is 2.80. The number of ether oxygens (including phenoxy) is 3. The number of imide groups is 1. The highest BCUT2D eigenvalue weighted by atomic mass is 35.5. The van der Waals surface area contributed by atoms with Crippen LogP contribution in [0, 0.1) is 0 Å². The van der Waals surface area contributed by atoms with Gasteiger partial charge in [0.05, 0.1) is 13.7 Å². The zero-order valence-corrected chi connectivity index (χ0v) is 13.4. The van der Waals surface area contributed by atoms with E-state index in [1.165, 1.54) is 26.4 Å². The molecule has 0 bridgehead atoms. The summed E-state index contributed by atoms with van der Waals surface area (Å²) in [6, 6.07) is 3.71. The highest BCUT2D eigenvalue weighted by Gasteiger charge is 2.16. The second kappa shape index (κ2) is 9.65. The van der Waals surface area contributed by atoms with Crippen LogP contribution < -0.4 is 15.4 Å². The Kier molecular flexibility index (Phi) is 7.86. The molecule has 0 atom stereocenters. The van der Waals surface area contributed by atoms with Gasteiger partial charge < -0.3 is 19.5 Å². The minimum absolute atomic E-state index is 0.0809. The minimum Gasteiger partial charge on any atom is -0.496 e. The molecule has 0 aliphatic heterocycles. The number of carbonyl (C=O) groups is 3. The van der Waals surface area contributed by atoms with E-state index in [1.807, 2.05) is 5.32 Å². The van der Waals surface area contributed by atoms with Crippen molar-refractivity contribution < 1.29 is 28.6 Å². The SMILES string of the molecule is COCCNC(=O)NC(=O)COC(=O)c1cc(Cl)ccc1OC. The van der Waals surface area contributed by atoms with Crippen molar-refractivity contribution in [1.82, 2.24) is 10.6 Å². The summed E-state index contributed by atoms with van der Waals surface area (Å²) in [5.41, 5.74) is 0.0809. The molecular formula is C14H17ClN2O6. The fourth-order valence-electron chi connectivity index (χ4n) is 1.52. The summed E-state index contributed by atoms with van der Waals surface area (Å²) in [6.07, 6.45) is 0.